The van der Waals surface area contributed by atoms with Crippen LogP contribution in [0, 0.1) is 11.3 Å². The molecule has 0 amide bonds. The number of piperazine rings is 1. The second kappa shape index (κ2) is 8.71. The van der Waals surface area contributed by atoms with Gasteiger partial charge in [-0.3, -0.25) is 4.72 Å². The normalized spacial score (nSPS) is 19.1. The Balaban J connectivity index is 1.59. The van der Waals surface area contributed by atoms with Crippen LogP contribution in [0.25, 0.3) is 10.4 Å². The van der Waals surface area contributed by atoms with Crippen LogP contribution in [0.2, 0.25) is 0 Å². The number of nitrogens with zero attached hydrogens (tertiary/aromatic N) is 2. The second-order valence-electron chi connectivity index (χ2n) is 7.82. The summed E-state index contributed by atoms with van der Waals surface area (Å²) in [5, 5.41) is 15.0. The third kappa shape index (κ3) is 4.74. The Hall–Kier alpha value is -2.86. The zero-order valence-corrected chi connectivity index (χ0v) is 19.0. The van der Waals surface area contributed by atoms with E-state index in [0.717, 1.165) is 29.2 Å². The molecule has 0 bridgehead atoms. The standard InChI is InChI=1S/C23H24N4O2S2/c1-16-14-27(15-17(2)25-16)22-12-20(8-5-19(22)13-24)26-31(28,29)21-9-6-18(7-10-21)23-4-3-11-30-23/h3-12,16-17,25-26H,14-15H2,1-2H3. The summed E-state index contributed by atoms with van der Waals surface area (Å²) in [5.74, 6) is 0. The highest BCUT2D eigenvalue weighted by Crippen LogP contribution is 2.29. The highest BCUT2D eigenvalue weighted by atomic mass is 32.2. The van der Waals surface area contributed by atoms with Crippen LogP contribution in [-0.2, 0) is 10.0 Å². The van der Waals surface area contributed by atoms with Crippen molar-refractivity contribution in [2.24, 2.45) is 0 Å². The molecule has 2 atom stereocenters. The Morgan fingerprint density at radius 3 is 2.42 bits per heavy atom. The molecule has 0 radical (unpaired) electrons. The number of rotatable bonds is 5. The van der Waals surface area contributed by atoms with Crippen molar-refractivity contribution >= 4 is 32.7 Å². The van der Waals surface area contributed by atoms with Gasteiger partial charge in [-0.2, -0.15) is 5.26 Å². The third-order valence-electron chi connectivity index (χ3n) is 5.24. The molecule has 2 N–H and O–H groups in total. The predicted octanol–water partition coefficient (Wildman–Crippen LogP) is 4.27. The van der Waals surface area contributed by atoms with Crippen LogP contribution >= 0.6 is 11.3 Å². The molecule has 2 aromatic carbocycles. The van der Waals surface area contributed by atoms with Gasteiger partial charge >= 0.3 is 0 Å². The van der Waals surface area contributed by atoms with Crippen LogP contribution in [0.1, 0.15) is 19.4 Å². The Morgan fingerprint density at radius 1 is 1.10 bits per heavy atom. The van der Waals surface area contributed by atoms with Gasteiger partial charge in [-0.25, -0.2) is 8.42 Å². The van der Waals surface area contributed by atoms with Crippen LogP contribution in [0.4, 0.5) is 11.4 Å². The predicted molar refractivity (Wildman–Crippen MR) is 126 cm³/mol. The van der Waals surface area contributed by atoms with E-state index in [1.165, 1.54) is 0 Å². The lowest BCUT2D eigenvalue weighted by atomic mass is 10.1. The van der Waals surface area contributed by atoms with E-state index in [1.807, 2.05) is 29.6 Å². The molecule has 1 aliphatic rings. The number of nitrogens with one attached hydrogen (secondary N) is 2. The zero-order chi connectivity index (χ0) is 22.0. The van der Waals surface area contributed by atoms with Gasteiger partial charge in [0.1, 0.15) is 6.07 Å². The van der Waals surface area contributed by atoms with Crippen molar-refractivity contribution in [1.29, 1.82) is 5.26 Å². The molecule has 2 heterocycles. The van der Waals surface area contributed by atoms with E-state index in [-0.39, 0.29) is 17.0 Å². The Kier molecular flexibility index (Phi) is 6.01. The first-order valence-corrected chi connectivity index (χ1v) is 12.4. The molecule has 1 fully saturated rings. The van der Waals surface area contributed by atoms with Crippen molar-refractivity contribution in [2.45, 2.75) is 30.8 Å². The molecule has 0 aliphatic carbocycles. The minimum atomic E-state index is -3.75. The van der Waals surface area contributed by atoms with Crippen molar-refractivity contribution in [3.63, 3.8) is 0 Å². The molecule has 4 rings (SSSR count). The van der Waals surface area contributed by atoms with Crippen LogP contribution in [0.15, 0.2) is 64.9 Å². The van der Waals surface area contributed by atoms with Crippen molar-refractivity contribution in [1.82, 2.24) is 5.32 Å². The highest BCUT2D eigenvalue weighted by Gasteiger charge is 2.24. The number of thiophene rings is 1. The number of benzene rings is 2. The maximum absolute atomic E-state index is 12.9. The van der Waals surface area contributed by atoms with Crippen LogP contribution in [-0.4, -0.2) is 33.6 Å². The molecule has 3 aromatic rings. The molecule has 1 aliphatic heterocycles. The lowest BCUT2D eigenvalue weighted by Crippen LogP contribution is -2.54. The van der Waals surface area contributed by atoms with E-state index in [9.17, 15) is 13.7 Å². The van der Waals surface area contributed by atoms with Gasteiger partial charge in [0.05, 0.1) is 21.8 Å². The summed E-state index contributed by atoms with van der Waals surface area (Å²) in [7, 11) is -3.75. The quantitative estimate of drug-likeness (QED) is 0.604. The van der Waals surface area contributed by atoms with Gasteiger partial charge < -0.3 is 10.2 Å². The van der Waals surface area contributed by atoms with Gasteiger partial charge in [-0.15, -0.1) is 11.3 Å². The van der Waals surface area contributed by atoms with Crippen molar-refractivity contribution in [3.8, 4) is 16.5 Å². The molecular formula is C23H24N4O2S2. The number of hydrogen-bond acceptors (Lipinski definition) is 6. The van der Waals surface area contributed by atoms with Crippen molar-refractivity contribution in [3.05, 3.63) is 65.5 Å². The van der Waals surface area contributed by atoms with E-state index in [1.54, 1.807) is 41.7 Å². The third-order valence-corrected chi connectivity index (χ3v) is 7.56. The molecule has 1 saturated heterocycles. The molecule has 6 nitrogen and oxygen atoms in total. The fourth-order valence-electron chi connectivity index (χ4n) is 3.93. The molecular weight excluding hydrogens is 428 g/mol. The van der Waals surface area contributed by atoms with Gasteiger partial charge in [0, 0.05) is 30.1 Å². The fourth-order valence-corrected chi connectivity index (χ4v) is 5.71. The van der Waals surface area contributed by atoms with Crippen LogP contribution in [0.5, 0.6) is 0 Å². The number of nitriles is 1. The van der Waals surface area contributed by atoms with Crippen molar-refractivity contribution < 1.29 is 8.42 Å². The number of hydrogen-bond donors (Lipinski definition) is 2. The summed E-state index contributed by atoms with van der Waals surface area (Å²) in [6.45, 7) is 5.70. The van der Waals surface area contributed by atoms with Gasteiger partial charge in [0.15, 0.2) is 0 Å². The first kappa shape index (κ1) is 21.4. The monoisotopic (exact) mass is 452 g/mol. The first-order chi connectivity index (χ1) is 14.9. The summed E-state index contributed by atoms with van der Waals surface area (Å²) >= 11 is 1.61. The van der Waals surface area contributed by atoms with E-state index >= 15 is 0 Å². The van der Waals surface area contributed by atoms with E-state index in [0.29, 0.717) is 11.3 Å². The second-order valence-corrected chi connectivity index (χ2v) is 10.5. The SMILES string of the molecule is CC1CN(c2cc(NS(=O)(=O)c3ccc(-c4cccs4)cc3)ccc2C#N)CC(C)N1. The van der Waals surface area contributed by atoms with E-state index < -0.39 is 10.0 Å². The number of anilines is 2. The summed E-state index contributed by atoms with van der Waals surface area (Å²) in [5.41, 5.74) is 2.70. The molecule has 31 heavy (non-hydrogen) atoms. The largest absolute Gasteiger partial charge is 0.367 e. The van der Waals surface area contributed by atoms with Gasteiger partial charge in [0.25, 0.3) is 10.0 Å². The Labute approximate surface area is 187 Å². The summed E-state index contributed by atoms with van der Waals surface area (Å²) < 4.78 is 28.6. The zero-order valence-electron chi connectivity index (χ0n) is 17.4. The topological polar surface area (TPSA) is 85.2 Å². The van der Waals surface area contributed by atoms with E-state index in [4.69, 9.17) is 0 Å². The number of sulfonamides is 1. The molecule has 1 aromatic heterocycles. The summed E-state index contributed by atoms with van der Waals surface area (Å²) in [6, 6.07) is 18.7. The average molecular weight is 453 g/mol. The highest BCUT2D eigenvalue weighted by molar-refractivity contribution is 7.92. The molecule has 2 unspecified atom stereocenters. The fraction of sp³-hybridized carbons (Fsp3) is 0.261. The minimum Gasteiger partial charge on any atom is -0.367 e. The lowest BCUT2D eigenvalue weighted by Gasteiger charge is -2.38. The lowest BCUT2D eigenvalue weighted by molar-refractivity contribution is 0.407. The molecule has 8 heteroatoms. The first-order valence-electron chi connectivity index (χ1n) is 10.1. The van der Waals surface area contributed by atoms with E-state index in [2.05, 4.69) is 34.9 Å². The summed E-state index contributed by atoms with van der Waals surface area (Å²) in [4.78, 5) is 3.43. The molecule has 160 valence electrons. The molecule has 0 saturated carbocycles. The smallest absolute Gasteiger partial charge is 0.261 e. The molecule has 0 spiro atoms. The maximum Gasteiger partial charge on any atom is 0.261 e. The van der Waals surface area contributed by atoms with Crippen LogP contribution in [0.3, 0.4) is 0 Å². The Bertz CT molecular complexity index is 1190. The Morgan fingerprint density at radius 2 is 1.81 bits per heavy atom. The van der Waals surface area contributed by atoms with Gasteiger partial charge in [-0.1, -0.05) is 18.2 Å². The average Bonchev–Trinajstić information content (AvgIpc) is 3.28. The van der Waals surface area contributed by atoms with Crippen molar-refractivity contribution in [2.75, 3.05) is 22.7 Å². The summed E-state index contributed by atoms with van der Waals surface area (Å²) in [6.07, 6.45) is 0. The van der Waals surface area contributed by atoms with Gasteiger partial charge in [0.2, 0.25) is 0 Å². The maximum atomic E-state index is 12.9. The minimum absolute atomic E-state index is 0.197. The van der Waals surface area contributed by atoms with Crippen LogP contribution < -0.4 is 14.9 Å². The van der Waals surface area contributed by atoms with Gasteiger partial charge in [-0.05, 0) is 61.2 Å².